The molecule has 1 aromatic carbocycles. The van der Waals surface area contributed by atoms with Gasteiger partial charge < -0.3 is 10.6 Å². The van der Waals surface area contributed by atoms with Gasteiger partial charge in [-0.2, -0.15) is 5.26 Å². The van der Waals surface area contributed by atoms with E-state index in [9.17, 15) is 18.5 Å². The summed E-state index contributed by atoms with van der Waals surface area (Å²) in [7, 11) is -4.27. The second kappa shape index (κ2) is 9.00. The van der Waals surface area contributed by atoms with Crippen LogP contribution in [-0.4, -0.2) is 36.4 Å². The second-order valence-corrected chi connectivity index (χ2v) is 10.9. The molecule has 0 radical (unpaired) electrons. The molecule has 1 aliphatic heterocycles. The van der Waals surface area contributed by atoms with Gasteiger partial charge in [-0.3, -0.25) is 4.79 Å². The van der Waals surface area contributed by atoms with Crippen molar-refractivity contribution in [2.45, 2.75) is 37.6 Å². The number of carbonyl (C=O) groups is 1. The average molecular weight is 491 g/mol. The molecule has 0 spiro atoms. The molecule has 1 amide bonds. The van der Waals surface area contributed by atoms with E-state index in [1.807, 2.05) is 11.0 Å². The number of hydrogen-bond donors (Lipinski definition) is 2. The summed E-state index contributed by atoms with van der Waals surface area (Å²) in [6.07, 6.45) is 2.24. The van der Waals surface area contributed by atoms with Crippen molar-refractivity contribution >= 4 is 27.6 Å². The summed E-state index contributed by atoms with van der Waals surface area (Å²) in [5.74, 6) is -0.330. The highest BCUT2D eigenvalue weighted by molar-refractivity contribution is 7.90. The van der Waals surface area contributed by atoms with E-state index in [0.29, 0.717) is 35.1 Å². The van der Waals surface area contributed by atoms with E-state index < -0.39 is 15.9 Å². The molecule has 4 rings (SSSR count). The highest BCUT2D eigenvalue weighted by atomic mass is 32.2. The third-order valence-corrected chi connectivity index (χ3v) is 7.47. The number of pyridine rings is 2. The van der Waals surface area contributed by atoms with Gasteiger partial charge in [0.25, 0.3) is 15.9 Å². The molecule has 180 valence electrons. The van der Waals surface area contributed by atoms with Gasteiger partial charge in [-0.25, -0.2) is 23.1 Å². The standard InChI is InChI=1S/C25H26N6O3S/c1-16-13-25(2,3)31(15-16)23-19(10-11-20(29-23)18-8-5-4-7-17(18)14-26)24(32)30-35(33,34)21-9-6-12-28-22(21)27/h4-12,16H,13,15H2,1-3H3,(H2,27,28)(H,30,32)/t16-/m0/s1. The summed E-state index contributed by atoms with van der Waals surface area (Å²) in [6.45, 7) is 6.88. The van der Waals surface area contributed by atoms with Crippen molar-refractivity contribution in [1.82, 2.24) is 14.7 Å². The monoisotopic (exact) mass is 490 g/mol. The zero-order valence-corrected chi connectivity index (χ0v) is 20.5. The van der Waals surface area contributed by atoms with E-state index >= 15 is 0 Å². The minimum atomic E-state index is -4.27. The fourth-order valence-corrected chi connectivity index (χ4v) is 5.66. The smallest absolute Gasteiger partial charge is 0.268 e. The molecule has 10 heteroatoms. The number of sulfonamides is 1. The third-order valence-electron chi connectivity index (χ3n) is 6.09. The molecule has 0 unspecified atom stereocenters. The molecule has 2 aromatic heterocycles. The maximum atomic E-state index is 13.3. The largest absolute Gasteiger partial charge is 0.383 e. The second-order valence-electron chi connectivity index (χ2n) is 9.28. The van der Waals surface area contributed by atoms with Crippen LogP contribution in [0.25, 0.3) is 11.3 Å². The molecule has 1 aliphatic rings. The molecule has 3 N–H and O–H groups in total. The molecular formula is C25H26N6O3S. The van der Waals surface area contributed by atoms with Crippen LogP contribution in [0.4, 0.5) is 11.6 Å². The molecule has 35 heavy (non-hydrogen) atoms. The fraction of sp³-hybridized carbons (Fsp3) is 0.280. The first-order valence-corrected chi connectivity index (χ1v) is 12.6. The number of nitrogens with one attached hydrogen (secondary N) is 1. The Labute approximate surface area is 204 Å². The van der Waals surface area contributed by atoms with Crippen LogP contribution in [-0.2, 0) is 10.0 Å². The Kier molecular flexibility index (Phi) is 6.21. The van der Waals surface area contributed by atoms with Gasteiger partial charge in [-0.1, -0.05) is 25.1 Å². The molecule has 1 saturated heterocycles. The van der Waals surface area contributed by atoms with Crippen LogP contribution in [0.15, 0.2) is 59.6 Å². The number of benzene rings is 1. The molecule has 1 fully saturated rings. The fourth-order valence-electron chi connectivity index (χ4n) is 4.61. The van der Waals surface area contributed by atoms with E-state index in [2.05, 4.69) is 36.5 Å². The van der Waals surface area contributed by atoms with Crippen LogP contribution in [0, 0.1) is 17.2 Å². The lowest BCUT2D eigenvalue weighted by Crippen LogP contribution is -2.41. The van der Waals surface area contributed by atoms with Crippen molar-refractivity contribution in [3.63, 3.8) is 0 Å². The first kappa shape index (κ1) is 24.2. The normalized spacial score (nSPS) is 17.1. The molecular weight excluding hydrogens is 464 g/mol. The molecule has 1 atom stereocenters. The van der Waals surface area contributed by atoms with E-state index in [1.54, 1.807) is 30.3 Å². The number of rotatable bonds is 5. The van der Waals surface area contributed by atoms with Crippen molar-refractivity contribution in [2.75, 3.05) is 17.2 Å². The van der Waals surface area contributed by atoms with Gasteiger partial charge >= 0.3 is 0 Å². The number of carbonyl (C=O) groups excluding carboxylic acids is 1. The van der Waals surface area contributed by atoms with Crippen LogP contribution in [0.5, 0.6) is 0 Å². The third kappa shape index (κ3) is 4.68. The number of nitrogens with zero attached hydrogens (tertiary/aromatic N) is 4. The highest BCUT2D eigenvalue weighted by Gasteiger charge is 2.39. The van der Waals surface area contributed by atoms with Gasteiger partial charge in [0, 0.05) is 23.8 Å². The average Bonchev–Trinajstić information content (AvgIpc) is 3.10. The van der Waals surface area contributed by atoms with Crippen molar-refractivity contribution in [2.24, 2.45) is 5.92 Å². The van der Waals surface area contributed by atoms with Crippen LogP contribution >= 0.6 is 0 Å². The lowest BCUT2D eigenvalue weighted by molar-refractivity contribution is 0.0981. The summed E-state index contributed by atoms with van der Waals surface area (Å²) in [4.78, 5) is 23.6. The van der Waals surface area contributed by atoms with E-state index in [4.69, 9.17) is 10.7 Å². The Hall–Kier alpha value is -3.97. The van der Waals surface area contributed by atoms with Crippen LogP contribution in [0.2, 0.25) is 0 Å². The van der Waals surface area contributed by atoms with Crippen LogP contribution in [0.1, 0.15) is 43.1 Å². The lowest BCUT2D eigenvalue weighted by Gasteiger charge is -2.34. The van der Waals surface area contributed by atoms with Crippen molar-refractivity contribution in [3.8, 4) is 17.3 Å². The summed E-state index contributed by atoms with van der Waals surface area (Å²) >= 11 is 0. The molecule has 0 aliphatic carbocycles. The van der Waals surface area contributed by atoms with Crippen molar-refractivity contribution in [3.05, 3.63) is 65.9 Å². The van der Waals surface area contributed by atoms with Gasteiger partial charge in [0.05, 0.1) is 22.9 Å². The predicted molar refractivity (Wildman–Crippen MR) is 133 cm³/mol. The topological polar surface area (TPSA) is 142 Å². The zero-order valence-electron chi connectivity index (χ0n) is 19.7. The molecule has 0 saturated carbocycles. The number of anilines is 2. The number of nitrogens with two attached hydrogens (primary N) is 1. The predicted octanol–water partition coefficient (Wildman–Crippen LogP) is 3.34. The first-order valence-electron chi connectivity index (χ1n) is 11.1. The number of hydrogen-bond acceptors (Lipinski definition) is 8. The van der Waals surface area contributed by atoms with Gasteiger partial charge in [-0.05, 0) is 56.5 Å². The zero-order chi connectivity index (χ0) is 25.4. The van der Waals surface area contributed by atoms with Gasteiger partial charge in [-0.15, -0.1) is 0 Å². The minimum absolute atomic E-state index is 0.108. The Bertz CT molecular complexity index is 1450. The Morgan fingerprint density at radius 3 is 2.60 bits per heavy atom. The van der Waals surface area contributed by atoms with Crippen molar-refractivity contribution in [1.29, 1.82) is 5.26 Å². The Morgan fingerprint density at radius 1 is 1.20 bits per heavy atom. The maximum absolute atomic E-state index is 13.3. The Morgan fingerprint density at radius 2 is 1.94 bits per heavy atom. The van der Waals surface area contributed by atoms with E-state index in [1.165, 1.54) is 18.3 Å². The van der Waals surface area contributed by atoms with Crippen LogP contribution < -0.4 is 15.4 Å². The van der Waals surface area contributed by atoms with Crippen LogP contribution in [0.3, 0.4) is 0 Å². The number of nitriles is 1. The summed E-state index contributed by atoms with van der Waals surface area (Å²) < 4.78 is 27.9. The number of amides is 1. The van der Waals surface area contributed by atoms with Gasteiger partial charge in [0.1, 0.15) is 16.5 Å². The Balaban J connectivity index is 1.81. The molecule has 3 heterocycles. The summed E-state index contributed by atoms with van der Waals surface area (Å²) in [6, 6.07) is 15.1. The summed E-state index contributed by atoms with van der Waals surface area (Å²) in [5, 5.41) is 9.55. The quantitative estimate of drug-likeness (QED) is 0.554. The molecule has 0 bridgehead atoms. The first-order chi connectivity index (χ1) is 16.5. The SMILES string of the molecule is C[C@@H]1CN(c2nc(-c3ccccc3C#N)ccc2C(=O)NS(=O)(=O)c2cccnc2N)C(C)(C)C1. The van der Waals surface area contributed by atoms with Crippen molar-refractivity contribution < 1.29 is 13.2 Å². The maximum Gasteiger partial charge on any atom is 0.268 e. The summed E-state index contributed by atoms with van der Waals surface area (Å²) in [5.41, 5.74) is 7.11. The van der Waals surface area contributed by atoms with E-state index in [-0.39, 0.29) is 21.8 Å². The van der Waals surface area contributed by atoms with Gasteiger partial charge in [0.2, 0.25) is 0 Å². The van der Waals surface area contributed by atoms with E-state index in [0.717, 1.165) is 6.42 Å². The van der Waals surface area contributed by atoms with Gasteiger partial charge in [0.15, 0.2) is 0 Å². The molecule has 3 aromatic rings. The lowest BCUT2D eigenvalue weighted by atomic mass is 9.97. The number of nitrogen functional groups attached to an aromatic ring is 1. The minimum Gasteiger partial charge on any atom is -0.383 e. The number of aromatic nitrogens is 2. The highest BCUT2D eigenvalue weighted by Crippen LogP contribution is 2.38. The molecule has 9 nitrogen and oxygen atoms in total.